The highest BCUT2D eigenvalue weighted by Gasteiger charge is 2.12. The van der Waals surface area contributed by atoms with Crippen LogP contribution >= 0.6 is 15.9 Å². The fourth-order valence-electron chi connectivity index (χ4n) is 1.45. The molecule has 0 saturated carbocycles. The van der Waals surface area contributed by atoms with Gasteiger partial charge in [0.15, 0.2) is 0 Å². The van der Waals surface area contributed by atoms with Crippen LogP contribution < -0.4 is 5.73 Å². The number of nitrogens with zero attached hydrogens (tertiary/aromatic N) is 1. The summed E-state index contributed by atoms with van der Waals surface area (Å²) in [6, 6.07) is 1.95. The molecule has 0 aliphatic carbocycles. The van der Waals surface area contributed by atoms with Crippen molar-refractivity contribution < 1.29 is 8.78 Å². The molecule has 0 atom stereocenters. The molecule has 2 nitrogen and oxygen atoms in total. The third kappa shape index (κ3) is 1.56. The zero-order chi connectivity index (χ0) is 11.2. The van der Waals surface area contributed by atoms with Gasteiger partial charge in [0.25, 0.3) is 0 Å². The summed E-state index contributed by atoms with van der Waals surface area (Å²) in [5.41, 5.74) is 6.80. The summed E-state index contributed by atoms with van der Waals surface area (Å²) >= 11 is 3.20. The smallest absolute Gasteiger partial charge is 0.137 e. The van der Waals surface area contributed by atoms with Crippen molar-refractivity contribution in [2.45, 2.75) is 6.92 Å². The quantitative estimate of drug-likeness (QED) is 0.800. The Labute approximate surface area is 93.2 Å². The Morgan fingerprint density at radius 3 is 2.67 bits per heavy atom. The Bertz CT molecular complexity index is 555. The minimum atomic E-state index is -0.698. The second-order valence-electron chi connectivity index (χ2n) is 3.21. The first-order chi connectivity index (χ1) is 7.00. The number of rotatable bonds is 0. The van der Waals surface area contributed by atoms with Crippen molar-refractivity contribution in [1.82, 2.24) is 4.98 Å². The topological polar surface area (TPSA) is 38.9 Å². The van der Waals surface area contributed by atoms with Crippen LogP contribution in [0.3, 0.4) is 0 Å². The molecule has 78 valence electrons. The Kier molecular flexibility index (Phi) is 2.34. The predicted octanol–water partition coefficient (Wildman–Crippen LogP) is 3.17. The number of hydrogen-bond donors (Lipinski definition) is 1. The Morgan fingerprint density at radius 2 is 2.00 bits per heavy atom. The van der Waals surface area contributed by atoms with Crippen LogP contribution in [-0.2, 0) is 0 Å². The maximum atomic E-state index is 13.4. The van der Waals surface area contributed by atoms with E-state index in [1.54, 1.807) is 6.92 Å². The van der Waals surface area contributed by atoms with Gasteiger partial charge in [0.05, 0.1) is 26.8 Å². The minimum absolute atomic E-state index is 0.147. The van der Waals surface area contributed by atoms with E-state index in [1.165, 1.54) is 0 Å². The van der Waals surface area contributed by atoms with Crippen LogP contribution in [-0.4, -0.2) is 4.98 Å². The fraction of sp³-hybridized carbons (Fsp3) is 0.100. The Balaban J connectivity index is 2.99. The second-order valence-corrected chi connectivity index (χ2v) is 4.00. The molecule has 0 spiro atoms. The molecular formula is C10H7BrF2N2. The molecule has 2 aromatic rings. The van der Waals surface area contributed by atoms with Gasteiger partial charge >= 0.3 is 0 Å². The van der Waals surface area contributed by atoms with E-state index in [0.717, 1.165) is 12.1 Å². The number of anilines is 1. The summed E-state index contributed by atoms with van der Waals surface area (Å²) < 4.78 is 26.9. The van der Waals surface area contributed by atoms with Gasteiger partial charge in [-0.3, -0.25) is 4.98 Å². The van der Waals surface area contributed by atoms with E-state index in [-0.39, 0.29) is 16.6 Å². The van der Waals surface area contributed by atoms with E-state index in [0.29, 0.717) is 10.2 Å². The second kappa shape index (κ2) is 3.41. The largest absolute Gasteiger partial charge is 0.397 e. The average molecular weight is 273 g/mol. The van der Waals surface area contributed by atoms with Crippen LogP contribution in [0.5, 0.6) is 0 Å². The highest BCUT2D eigenvalue weighted by Crippen LogP contribution is 2.32. The summed E-state index contributed by atoms with van der Waals surface area (Å²) in [4.78, 5) is 4.05. The Hall–Kier alpha value is -1.23. The molecular weight excluding hydrogens is 266 g/mol. The molecule has 0 bridgehead atoms. The van der Waals surface area contributed by atoms with Gasteiger partial charge in [-0.25, -0.2) is 8.78 Å². The zero-order valence-electron chi connectivity index (χ0n) is 7.81. The molecule has 1 heterocycles. The van der Waals surface area contributed by atoms with Crippen molar-refractivity contribution >= 4 is 32.5 Å². The van der Waals surface area contributed by atoms with E-state index >= 15 is 0 Å². The maximum Gasteiger partial charge on any atom is 0.137 e. The Morgan fingerprint density at radius 1 is 1.33 bits per heavy atom. The number of nitrogens with two attached hydrogens (primary N) is 1. The van der Waals surface area contributed by atoms with Gasteiger partial charge in [0, 0.05) is 12.1 Å². The number of aromatic nitrogens is 1. The van der Waals surface area contributed by atoms with Crippen molar-refractivity contribution in [3.05, 3.63) is 33.9 Å². The monoisotopic (exact) mass is 272 g/mol. The summed E-state index contributed by atoms with van der Waals surface area (Å²) in [6.45, 7) is 1.71. The van der Waals surface area contributed by atoms with E-state index in [4.69, 9.17) is 5.73 Å². The minimum Gasteiger partial charge on any atom is -0.397 e. The molecule has 1 aromatic carbocycles. The molecule has 0 aliphatic heterocycles. The van der Waals surface area contributed by atoms with Crippen LogP contribution in [0.15, 0.2) is 16.6 Å². The first-order valence-electron chi connectivity index (χ1n) is 4.21. The molecule has 0 radical (unpaired) electrons. The third-order valence-electron chi connectivity index (χ3n) is 2.15. The van der Waals surface area contributed by atoms with Crippen LogP contribution in [0.4, 0.5) is 14.5 Å². The van der Waals surface area contributed by atoms with Crippen LogP contribution in [0.25, 0.3) is 10.9 Å². The number of fused-ring (bicyclic) bond motifs is 1. The lowest BCUT2D eigenvalue weighted by molar-refractivity contribution is 0.591. The van der Waals surface area contributed by atoms with Gasteiger partial charge < -0.3 is 5.73 Å². The number of halogens is 3. The number of benzene rings is 1. The van der Waals surface area contributed by atoms with E-state index in [9.17, 15) is 8.78 Å². The molecule has 0 unspecified atom stereocenters. The van der Waals surface area contributed by atoms with Crippen LogP contribution in [0.2, 0.25) is 0 Å². The maximum absolute atomic E-state index is 13.4. The third-order valence-corrected chi connectivity index (χ3v) is 3.15. The van der Waals surface area contributed by atoms with Gasteiger partial charge in [0.1, 0.15) is 11.6 Å². The average Bonchev–Trinajstić information content (AvgIpc) is 2.13. The van der Waals surface area contributed by atoms with Crippen molar-refractivity contribution in [3.8, 4) is 0 Å². The zero-order valence-corrected chi connectivity index (χ0v) is 9.40. The van der Waals surface area contributed by atoms with Crippen molar-refractivity contribution in [1.29, 1.82) is 0 Å². The molecule has 0 fully saturated rings. The first kappa shape index (κ1) is 10.3. The van der Waals surface area contributed by atoms with Gasteiger partial charge in [0.2, 0.25) is 0 Å². The standard InChI is InChI=1S/C10H7BrF2N2/c1-4-9(11)10(14)8-6(13)2-5(12)3-7(8)15-4/h2-3H,1H3,(H2,14,15). The molecule has 0 saturated heterocycles. The van der Waals surface area contributed by atoms with Gasteiger partial charge in [-0.1, -0.05) is 0 Å². The highest BCUT2D eigenvalue weighted by molar-refractivity contribution is 9.10. The first-order valence-corrected chi connectivity index (χ1v) is 5.00. The highest BCUT2D eigenvalue weighted by atomic mass is 79.9. The lowest BCUT2D eigenvalue weighted by Gasteiger charge is -2.07. The summed E-state index contributed by atoms with van der Waals surface area (Å²) in [5, 5.41) is 0.147. The van der Waals surface area contributed by atoms with Crippen molar-refractivity contribution in [3.63, 3.8) is 0 Å². The number of aryl methyl sites for hydroxylation is 1. The molecule has 2 N–H and O–H groups in total. The summed E-state index contributed by atoms with van der Waals surface area (Å²) in [6.07, 6.45) is 0. The summed E-state index contributed by atoms with van der Waals surface area (Å²) in [7, 11) is 0. The molecule has 0 amide bonds. The molecule has 0 aliphatic rings. The van der Waals surface area contributed by atoms with Gasteiger partial charge in [-0.2, -0.15) is 0 Å². The van der Waals surface area contributed by atoms with E-state index in [1.807, 2.05) is 0 Å². The molecule has 15 heavy (non-hydrogen) atoms. The van der Waals surface area contributed by atoms with Gasteiger partial charge in [-0.05, 0) is 22.9 Å². The number of pyridine rings is 1. The molecule has 1 aromatic heterocycles. The molecule has 5 heteroatoms. The fourth-order valence-corrected chi connectivity index (χ4v) is 1.74. The van der Waals surface area contributed by atoms with Crippen molar-refractivity contribution in [2.24, 2.45) is 0 Å². The van der Waals surface area contributed by atoms with Crippen molar-refractivity contribution in [2.75, 3.05) is 5.73 Å². The molecule has 2 rings (SSSR count). The summed E-state index contributed by atoms with van der Waals surface area (Å²) in [5.74, 6) is -1.36. The SMILES string of the molecule is Cc1nc2cc(F)cc(F)c2c(N)c1Br. The van der Waals surface area contributed by atoms with Crippen LogP contribution in [0.1, 0.15) is 5.69 Å². The normalized spacial score (nSPS) is 10.9. The van der Waals surface area contributed by atoms with E-state index < -0.39 is 11.6 Å². The predicted molar refractivity (Wildman–Crippen MR) is 58.5 cm³/mol. The van der Waals surface area contributed by atoms with E-state index in [2.05, 4.69) is 20.9 Å². The number of hydrogen-bond acceptors (Lipinski definition) is 2. The lowest BCUT2D eigenvalue weighted by atomic mass is 10.1. The van der Waals surface area contributed by atoms with Gasteiger partial charge in [-0.15, -0.1) is 0 Å². The van der Waals surface area contributed by atoms with Crippen LogP contribution in [0, 0.1) is 18.6 Å². The number of nitrogen functional groups attached to an aromatic ring is 1. The lowest BCUT2D eigenvalue weighted by Crippen LogP contribution is -1.97.